The van der Waals surface area contributed by atoms with Crippen LogP contribution in [0.2, 0.25) is 0 Å². The predicted molar refractivity (Wildman–Crippen MR) is 108 cm³/mol. The molecule has 0 radical (unpaired) electrons. The van der Waals surface area contributed by atoms with Crippen molar-refractivity contribution < 1.29 is 4.74 Å². The Morgan fingerprint density at radius 3 is 2.44 bits per heavy atom. The van der Waals surface area contributed by atoms with Crippen LogP contribution in [0.3, 0.4) is 0 Å². The van der Waals surface area contributed by atoms with E-state index in [0.717, 1.165) is 21.7 Å². The molecule has 0 amide bonds. The van der Waals surface area contributed by atoms with Crippen molar-refractivity contribution in [3.63, 3.8) is 0 Å². The van der Waals surface area contributed by atoms with Crippen molar-refractivity contribution in [2.45, 2.75) is 0 Å². The predicted octanol–water partition coefficient (Wildman–Crippen LogP) is 3.56. The van der Waals surface area contributed by atoms with Gasteiger partial charge >= 0.3 is 0 Å². The molecular formula is C23H16N2O2. The van der Waals surface area contributed by atoms with Crippen LogP contribution in [-0.4, -0.2) is 16.5 Å². The monoisotopic (exact) mass is 352 g/mol. The van der Waals surface area contributed by atoms with Crippen molar-refractivity contribution in [1.29, 1.82) is 0 Å². The molecule has 0 spiro atoms. The summed E-state index contributed by atoms with van der Waals surface area (Å²) in [6, 6.07) is 23.3. The Bertz CT molecular complexity index is 1420. The van der Waals surface area contributed by atoms with Crippen molar-refractivity contribution in [3.8, 4) is 5.75 Å². The zero-order valence-electron chi connectivity index (χ0n) is 14.7. The summed E-state index contributed by atoms with van der Waals surface area (Å²) in [5, 5.41) is 3.21. The fourth-order valence-electron chi connectivity index (χ4n) is 3.64. The van der Waals surface area contributed by atoms with Crippen molar-refractivity contribution >= 4 is 33.4 Å². The third kappa shape index (κ3) is 2.30. The Kier molecular flexibility index (Phi) is 3.44. The van der Waals surface area contributed by atoms with Crippen LogP contribution in [0.4, 0.5) is 0 Å². The second-order valence-electron chi connectivity index (χ2n) is 6.42. The van der Waals surface area contributed by atoms with Crippen molar-refractivity contribution in [2.75, 3.05) is 7.11 Å². The van der Waals surface area contributed by atoms with E-state index in [1.807, 2.05) is 78.9 Å². The number of nitrogens with zero attached hydrogens (tertiary/aromatic N) is 2. The van der Waals surface area contributed by atoms with Gasteiger partial charge in [0.25, 0.3) is 5.56 Å². The topological polar surface area (TPSA) is 43.6 Å². The van der Waals surface area contributed by atoms with E-state index in [4.69, 9.17) is 9.72 Å². The van der Waals surface area contributed by atoms with Crippen LogP contribution in [0.1, 0.15) is 5.56 Å². The van der Waals surface area contributed by atoms with Crippen molar-refractivity contribution in [1.82, 2.24) is 9.38 Å². The minimum Gasteiger partial charge on any atom is -0.496 e. The van der Waals surface area contributed by atoms with Crippen LogP contribution in [-0.2, 0) is 0 Å². The Balaban J connectivity index is 2.09. The van der Waals surface area contributed by atoms with E-state index in [1.54, 1.807) is 11.5 Å². The normalized spacial score (nSPS) is 12.3. The van der Waals surface area contributed by atoms with Gasteiger partial charge in [0.15, 0.2) is 5.65 Å². The van der Waals surface area contributed by atoms with E-state index in [-0.39, 0.29) is 5.56 Å². The minimum absolute atomic E-state index is 0.0731. The molecule has 0 saturated heterocycles. The molecule has 0 unspecified atom stereocenters. The quantitative estimate of drug-likeness (QED) is 0.488. The molecule has 27 heavy (non-hydrogen) atoms. The zero-order chi connectivity index (χ0) is 18.4. The number of rotatable bonds is 2. The number of aromatic nitrogens is 2. The highest BCUT2D eigenvalue weighted by Crippen LogP contribution is 2.28. The van der Waals surface area contributed by atoms with E-state index >= 15 is 0 Å². The molecule has 0 atom stereocenters. The second-order valence-corrected chi connectivity index (χ2v) is 6.42. The molecule has 0 fully saturated rings. The Labute approximate surface area is 155 Å². The van der Waals surface area contributed by atoms with Gasteiger partial charge < -0.3 is 4.74 Å². The standard InChI is InChI=1S/C23H16N2O2/c1-27-20-13-7-11-17-19(14-15-8-3-2-4-9-15)25-22(21(17)20)24-18-12-6-5-10-16(18)23(25)26/h2-14H,1H3/b19-14+. The van der Waals surface area contributed by atoms with Crippen molar-refractivity contribution in [3.05, 3.63) is 94.1 Å². The van der Waals surface area contributed by atoms with Crippen LogP contribution in [0.5, 0.6) is 5.75 Å². The fraction of sp³-hybridized carbons (Fsp3) is 0.0435. The number of methoxy groups -OCH3 is 1. The van der Waals surface area contributed by atoms with E-state index in [0.29, 0.717) is 22.3 Å². The maximum atomic E-state index is 13.3. The number of ether oxygens (including phenoxy) is 1. The van der Waals surface area contributed by atoms with Gasteiger partial charge in [-0.2, -0.15) is 0 Å². The molecule has 0 bridgehead atoms. The minimum atomic E-state index is -0.0731. The molecular weight excluding hydrogens is 336 g/mol. The summed E-state index contributed by atoms with van der Waals surface area (Å²) < 4.78 is 7.28. The van der Waals surface area contributed by atoms with Gasteiger partial charge in [-0.15, -0.1) is 0 Å². The molecule has 4 heteroatoms. The highest BCUT2D eigenvalue weighted by Gasteiger charge is 2.16. The molecule has 0 aliphatic rings. The average molecular weight is 352 g/mol. The summed E-state index contributed by atoms with van der Waals surface area (Å²) in [5.74, 6) is 0.708. The highest BCUT2D eigenvalue weighted by atomic mass is 16.5. The first kappa shape index (κ1) is 15.6. The van der Waals surface area contributed by atoms with Gasteiger partial charge in [-0.05, 0) is 29.8 Å². The molecule has 2 aromatic heterocycles. The van der Waals surface area contributed by atoms with Gasteiger partial charge in [0.05, 0.1) is 28.7 Å². The van der Waals surface area contributed by atoms with Crippen LogP contribution in [0.25, 0.3) is 33.4 Å². The SMILES string of the molecule is COc1cccc2/c(=C\c3ccccc3)n3c(=O)c4ccccc4nc3c12. The summed E-state index contributed by atoms with van der Waals surface area (Å²) in [6.45, 7) is 0. The Hall–Kier alpha value is -3.66. The zero-order valence-corrected chi connectivity index (χ0v) is 14.7. The number of hydrogen-bond donors (Lipinski definition) is 0. The lowest BCUT2D eigenvalue weighted by atomic mass is 10.1. The molecule has 2 heterocycles. The maximum absolute atomic E-state index is 13.3. The molecule has 0 aliphatic carbocycles. The summed E-state index contributed by atoms with van der Waals surface area (Å²) in [6.07, 6.45) is 2.02. The number of fused-ring (bicyclic) bond motifs is 4. The molecule has 4 nitrogen and oxygen atoms in total. The first-order valence-corrected chi connectivity index (χ1v) is 8.74. The van der Waals surface area contributed by atoms with Gasteiger partial charge in [0.2, 0.25) is 0 Å². The number of hydrogen-bond acceptors (Lipinski definition) is 3. The van der Waals surface area contributed by atoms with E-state index < -0.39 is 0 Å². The number of benzene rings is 3. The van der Waals surface area contributed by atoms with Gasteiger partial charge in [-0.1, -0.05) is 54.6 Å². The third-order valence-corrected chi connectivity index (χ3v) is 4.87. The lowest BCUT2D eigenvalue weighted by Gasteiger charge is -2.02. The average Bonchev–Trinajstić information content (AvgIpc) is 3.03. The van der Waals surface area contributed by atoms with Crippen molar-refractivity contribution in [2.24, 2.45) is 0 Å². The second kappa shape index (κ2) is 5.95. The van der Waals surface area contributed by atoms with Gasteiger partial charge in [0, 0.05) is 5.39 Å². The molecule has 5 aromatic rings. The van der Waals surface area contributed by atoms with Gasteiger partial charge in [0.1, 0.15) is 5.75 Å². The van der Waals surface area contributed by atoms with Crippen LogP contribution < -0.4 is 15.6 Å². The molecule has 3 aromatic carbocycles. The lowest BCUT2D eigenvalue weighted by Crippen LogP contribution is -2.24. The largest absolute Gasteiger partial charge is 0.496 e. The van der Waals surface area contributed by atoms with Crippen LogP contribution in [0, 0.1) is 0 Å². The van der Waals surface area contributed by atoms with E-state index in [1.165, 1.54) is 0 Å². The molecule has 0 aliphatic heterocycles. The summed E-state index contributed by atoms with van der Waals surface area (Å²) in [5.41, 5.74) is 2.25. The van der Waals surface area contributed by atoms with Gasteiger partial charge in [-0.3, -0.25) is 9.20 Å². The van der Waals surface area contributed by atoms with E-state index in [2.05, 4.69) is 0 Å². The Morgan fingerprint density at radius 1 is 0.889 bits per heavy atom. The molecule has 130 valence electrons. The molecule has 0 saturated carbocycles. The lowest BCUT2D eigenvalue weighted by molar-refractivity contribution is 0.420. The summed E-state index contributed by atoms with van der Waals surface area (Å²) in [4.78, 5) is 18.1. The highest BCUT2D eigenvalue weighted by molar-refractivity contribution is 6.02. The van der Waals surface area contributed by atoms with E-state index in [9.17, 15) is 4.79 Å². The van der Waals surface area contributed by atoms with Crippen LogP contribution >= 0.6 is 0 Å². The Morgan fingerprint density at radius 2 is 1.63 bits per heavy atom. The maximum Gasteiger partial charge on any atom is 0.266 e. The van der Waals surface area contributed by atoms with Crippen LogP contribution in [0.15, 0.2) is 77.6 Å². The smallest absolute Gasteiger partial charge is 0.266 e. The first-order valence-electron chi connectivity index (χ1n) is 8.74. The summed E-state index contributed by atoms with van der Waals surface area (Å²) >= 11 is 0. The summed E-state index contributed by atoms with van der Waals surface area (Å²) in [7, 11) is 1.64. The third-order valence-electron chi connectivity index (χ3n) is 4.87. The fourth-order valence-corrected chi connectivity index (χ4v) is 3.64. The molecule has 0 N–H and O–H groups in total. The first-order chi connectivity index (χ1) is 13.3. The molecule has 5 rings (SSSR count). The van der Waals surface area contributed by atoms with Gasteiger partial charge in [-0.25, -0.2) is 4.98 Å². The number of para-hydroxylation sites is 1.